The normalized spacial score (nSPS) is 12.1. The zero-order valence-corrected chi connectivity index (χ0v) is 42.7. The molecule has 0 amide bonds. The van der Waals surface area contributed by atoms with Crippen molar-refractivity contribution in [1.82, 2.24) is 0 Å². The van der Waals surface area contributed by atoms with Crippen LogP contribution in [0.3, 0.4) is 0 Å². The molecule has 6 aromatic rings. The molecule has 0 saturated carbocycles. The van der Waals surface area contributed by atoms with Gasteiger partial charge in [-0.05, 0) is 71.8 Å². The number of benzene rings is 6. The minimum absolute atomic E-state index is 0. The molecule has 0 aromatic heterocycles. The Morgan fingerprint density at radius 1 is 0.450 bits per heavy atom. The molecule has 6 aromatic carbocycles. The van der Waals surface area contributed by atoms with Gasteiger partial charge in [-0.2, -0.15) is 27.1 Å². The topological polar surface area (TPSA) is 371 Å². The number of nitrogens with two attached hydrogens (primary N) is 2. The fraction of sp³-hybridized carbons (Fsp3) is 0. The van der Waals surface area contributed by atoms with Gasteiger partial charge in [0.15, 0.2) is 0 Å². The van der Waals surface area contributed by atoms with Crippen LogP contribution in [0.4, 0.5) is 34.1 Å². The Kier molecular flexibility index (Phi) is 18.1. The average Bonchev–Trinajstić information content (AvgIpc) is 3.09. The molecule has 6 N–H and O–H groups in total. The molecule has 6 rings (SSSR count). The third kappa shape index (κ3) is 11.3. The first-order chi connectivity index (χ1) is 26.0. The molecule has 60 heavy (non-hydrogen) atoms. The average molecular weight is 933 g/mol. The first-order valence-electron chi connectivity index (χ1n) is 15.0. The maximum atomic E-state index is 13.3. The number of azo groups is 2. The van der Waals surface area contributed by atoms with E-state index in [1.165, 1.54) is 48.5 Å². The summed E-state index contributed by atoms with van der Waals surface area (Å²) < 4.78 is 139. The summed E-state index contributed by atoms with van der Waals surface area (Å²) in [6.45, 7) is 0. The first kappa shape index (κ1) is 54.0. The number of rotatable bonds is 9. The van der Waals surface area contributed by atoms with Gasteiger partial charge in [0.1, 0.15) is 30.0 Å². The van der Waals surface area contributed by atoms with E-state index < -0.39 is 104 Å². The van der Waals surface area contributed by atoms with Crippen LogP contribution in [0.2, 0.25) is 0 Å². The molecule has 290 valence electrons. The fourth-order valence-electron chi connectivity index (χ4n) is 5.56. The molecule has 0 atom stereocenters. The van der Waals surface area contributed by atoms with Crippen molar-refractivity contribution < 1.29 is 180 Å². The third-order valence-electron chi connectivity index (χ3n) is 8.07. The van der Waals surface area contributed by atoms with Gasteiger partial charge in [0.25, 0.3) is 20.2 Å². The first-order valence-corrected chi connectivity index (χ1v) is 20.7. The Bertz CT molecular complexity index is 2960. The van der Waals surface area contributed by atoms with E-state index in [9.17, 15) is 62.1 Å². The van der Waals surface area contributed by atoms with E-state index in [-0.39, 0.29) is 141 Å². The molecule has 20 nitrogen and oxygen atoms in total. The Hall–Kier alpha value is -2.12. The summed E-state index contributed by atoms with van der Waals surface area (Å²) in [7, 11) is -20.9. The molecule has 0 radical (unpaired) electrons. The summed E-state index contributed by atoms with van der Waals surface area (Å²) in [5.41, 5.74) is 10.5. The van der Waals surface area contributed by atoms with Crippen LogP contribution < -0.4 is 140 Å². The molecule has 0 aliphatic heterocycles. The van der Waals surface area contributed by atoms with Crippen LogP contribution >= 0.6 is 0 Å². The Morgan fingerprint density at radius 3 is 1.02 bits per heavy atom. The van der Waals surface area contributed by atoms with E-state index in [2.05, 4.69) is 20.5 Å². The predicted molar refractivity (Wildman–Crippen MR) is 191 cm³/mol. The minimum Gasteiger partial charge on any atom is -0.870 e. The van der Waals surface area contributed by atoms with Crippen LogP contribution in [-0.4, -0.2) is 51.9 Å². The summed E-state index contributed by atoms with van der Waals surface area (Å²) in [5.74, 6) is -2.46. The smallest absolute Gasteiger partial charge is 0.870 e. The second-order valence-electron chi connectivity index (χ2n) is 11.6. The minimum atomic E-state index is -5.22. The molecule has 0 spiro atoms. The maximum absolute atomic E-state index is 13.3. The number of hydrogen-bond acceptors (Lipinski definition) is 18. The molecule has 0 unspecified atom stereocenters. The summed E-state index contributed by atoms with van der Waals surface area (Å²) in [6, 6.07) is 16.4. The predicted octanol–water partition coefficient (Wildman–Crippen LogP) is -7.88. The van der Waals surface area contributed by atoms with Crippen molar-refractivity contribution in [3.8, 4) is 22.6 Å². The SMILES string of the molecule is Nc1ccc(S(=O)(=O)[O-])c2cc(S(=O)(=O)O)c(N=Nc3ccc(-c4ccc(N=Nc5c(S(=O)(=O)O)cc6c(S(=O)(=O)[O-])ccc(N)c6c5[O-])cc4)cc3)c([O-])c12.[Na+].[Na+].[Na+].[Na+]. The van der Waals surface area contributed by atoms with Crippen molar-refractivity contribution in [2.24, 2.45) is 20.5 Å². The maximum Gasteiger partial charge on any atom is 1.00 e. The van der Waals surface area contributed by atoms with Gasteiger partial charge in [-0.25, -0.2) is 16.8 Å². The fourth-order valence-corrected chi connectivity index (χ4v) is 8.18. The van der Waals surface area contributed by atoms with E-state index >= 15 is 0 Å². The van der Waals surface area contributed by atoms with Gasteiger partial charge < -0.3 is 30.8 Å². The monoisotopic (exact) mass is 932 g/mol. The van der Waals surface area contributed by atoms with Crippen LogP contribution in [0, 0.1) is 0 Å². The molecule has 0 aliphatic rings. The van der Waals surface area contributed by atoms with Crippen molar-refractivity contribution in [1.29, 1.82) is 0 Å². The van der Waals surface area contributed by atoms with Crippen LogP contribution in [0.15, 0.2) is 125 Å². The largest absolute Gasteiger partial charge is 1.00 e. The van der Waals surface area contributed by atoms with Crippen molar-refractivity contribution in [3.63, 3.8) is 0 Å². The van der Waals surface area contributed by atoms with Gasteiger partial charge in [-0.3, -0.25) is 9.11 Å². The van der Waals surface area contributed by atoms with Crippen molar-refractivity contribution >= 4 is 96.1 Å². The van der Waals surface area contributed by atoms with E-state index in [0.29, 0.717) is 23.3 Å². The van der Waals surface area contributed by atoms with Gasteiger partial charge in [0, 0.05) is 32.9 Å². The number of fused-ring (bicyclic) bond motifs is 2. The van der Waals surface area contributed by atoms with Gasteiger partial charge >= 0.3 is 118 Å². The standard InChI is InChI=1S/C32H24N6O14S4.4Na/c33-21-9-11-23(53(41,42)43)19-13-25(55(47,48)49)29(31(39)27(19)21)37-35-17-5-1-15(2-6-17)16-3-7-18(8-4-16)36-38-30-26(56(50,51)52)14-20-24(54(44,45)46)12-10-22(34)28(20)32(30)40;;;;/h1-14,39-40H,33-34H2,(H,41,42,43)(H,44,45,46)(H,47,48,49)(H,50,51,52);;;;/q;4*+1/p-4. The number of anilines is 2. The van der Waals surface area contributed by atoms with E-state index in [4.69, 9.17) is 11.5 Å². The van der Waals surface area contributed by atoms with E-state index in [1.54, 1.807) is 0 Å². The van der Waals surface area contributed by atoms with E-state index in [0.717, 1.165) is 24.3 Å². The van der Waals surface area contributed by atoms with Gasteiger partial charge in [0.2, 0.25) is 0 Å². The zero-order valence-electron chi connectivity index (χ0n) is 31.5. The summed E-state index contributed by atoms with van der Waals surface area (Å²) in [6.07, 6.45) is 0. The Labute approximate surface area is 429 Å². The Balaban J connectivity index is 0.00000310. The molecular weight excluding hydrogens is 913 g/mol. The Morgan fingerprint density at radius 2 is 0.750 bits per heavy atom. The summed E-state index contributed by atoms with van der Waals surface area (Å²) in [5, 5.41) is 39.3. The molecule has 0 bridgehead atoms. The number of nitrogen functional groups attached to an aromatic ring is 2. The second-order valence-corrected chi connectivity index (χ2v) is 17.1. The number of nitrogens with zero attached hydrogens (tertiary/aromatic N) is 4. The molecule has 0 aliphatic carbocycles. The van der Waals surface area contributed by atoms with Crippen molar-refractivity contribution in [2.75, 3.05) is 11.5 Å². The van der Waals surface area contributed by atoms with Gasteiger partial charge in [-0.15, -0.1) is 10.2 Å². The van der Waals surface area contributed by atoms with Crippen LogP contribution in [0.25, 0.3) is 32.7 Å². The molecule has 0 saturated heterocycles. The van der Waals surface area contributed by atoms with Crippen LogP contribution in [0.1, 0.15) is 0 Å². The molecule has 28 heteroatoms. The van der Waals surface area contributed by atoms with E-state index in [1.807, 2.05) is 0 Å². The summed E-state index contributed by atoms with van der Waals surface area (Å²) in [4.78, 5) is -4.15. The van der Waals surface area contributed by atoms with Gasteiger partial charge in [0.05, 0.1) is 32.5 Å². The number of hydrogen-bond donors (Lipinski definition) is 4. The summed E-state index contributed by atoms with van der Waals surface area (Å²) >= 11 is 0. The second kappa shape index (κ2) is 20.2. The van der Waals surface area contributed by atoms with Crippen LogP contribution in [0.5, 0.6) is 11.5 Å². The van der Waals surface area contributed by atoms with Gasteiger partial charge in [-0.1, -0.05) is 35.8 Å². The zero-order chi connectivity index (χ0) is 41.1. The third-order valence-corrected chi connectivity index (χ3v) is 11.6. The molecule has 0 fully saturated rings. The quantitative estimate of drug-likeness (QED) is 0.0453. The molecular formula is C32H20N6Na4O14S4. The molecule has 0 heterocycles. The van der Waals surface area contributed by atoms with Crippen molar-refractivity contribution in [3.05, 3.63) is 84.9 Å². The van der Waals surface area contributed by atoms with Crippen molar-refractivity contribution in [2.45, 2.75) is 19.6 Å². The van der Waals surface area contributed by atoms with Crippen LogP contribution in [-0.2, 0) is 40.5 Å².